The fourth-order valence-electron chi connectivity index (χ4n) is 1.35. The van der Waals surface area contributed by atoms with E-state index in [-0.39, 0.29) is 11.8 Å². The maximum atomic E-state index is 11.5. The minimum Gasteiger partial charge on any atom is -0.495 e. The first kappa shape index (κ1) is 14.8. The smallest absolute Gasteiger partial charge is 0.411 e. The molecule has 104 valence electrons. The van der Waals surface area contributed by atoms with Crippen LogP contribution in [0.2, 0.25) is 0 Å². The SMILES string of the molecule is COc1cc(C(=N)N)ccc1NC(=O)OCC(C)C. The molecule has 1 aromatic carbocycles. The number of nitrogen functional groups attached to an aromatic ring is 1. The Labute approximate surface area is 112 Å². The molecule has 0 fully saturated rings. The van der Waals surface area contributed by atoms with E-state index in [2.05, 4.69) is 5.32 Å². The molecule has 6 nitrogen and oxygen atoms in total. The highest BCUT2D eigenvalue weighted by Gasteiger charge is 2.10. The van der Waals surface area contributed by atoms with Crippen LogP contribution in [0.1, 0.15) is 19.4 Å². The first-order chi connectivity index (χ1) is 8.93. The van der Waals surface area contributed by atoms with Gasteiger partial charge < -0.3 is 15.2 Å². The lowest BCUT2D eigenvalue weighted by Gasteiger charge is -2.12. The summed E-state index contributed by atoms with van der Waals surface area (Å²) in [5.74, 6) is 0.633. The van der Waals surface area contributed by atoms with Crippen molar-refractivity contribution in [1.29, 1.82) is 5.41 Å². The maximum absolute atomic E-state index is 11.5. The van der Waals surface area contributed by atoms with Crippen molar-refractivity contribution in [3.8, 4) is 5.75 Å². The van der Waals surface area contributed by atoms with Crippen LogP contribution < -0.4 is 15.8 Å². The number of nitrogens with two attached hydrogens (primary N) is 1. The van der Waals surface area contributed by atoms with Crippen molar-refractivity contribution in [2.45, 2.75) is 13.8 Å². The van der Waals surface area contributed by atoms with E-state index in [1.165, 1.54) is 7.11 Å². The number of carbonyl (C=O) groups is 1. The van der Waals surface area contributed by atoms with Gasteiger partial charge in [0.05, 0.1) is 19.4 Å². The first-order valence-electron chi connectivity index (χ1n) is 5.90. The highest BCUT2D eigenvalue weighted by molar-refractivity contribution is 5.96. The van der Waals surface area contributed by atoms with Crippen molar-refractivity contribution in [1.82, 2.24) is 0 Å². The summed E-state index contributed by atoms with van der Waals surface area (Å²) in [4.78, 5) is 11.5. The second-order valence-electron chi connectivity index (χ2n) is 4.45. The Bertz CT molecular complexity index is 472. The van der Waals surface area contributed by atoms with Crippen LogP contribution in [0.25, 0.3) is 0 Å². The summed E-state index contributed by atoms with van der Waals surface area (Å²) in [5, 5.41) is 9.93. The molecule has 0 unspecified atom stereocenters. The van der Waals surface area contributed by atoms with E-state index in [4.69, 9.17) is 20.6 Å². The topological polar surface area (TPSA) is 97.4 Å². The van der Waals surface area contributed by atoms with Gasteiger partial charge in [-0.05, 0) is 24.1 Å². The lowest BCUT2D eigenvalue weighted by atomic mass is 10.1. The van der Waals surface area contributed by atoms with E-state index >= 15 is 0 Å². The van der Waals surface area contributed by atoms with Gasteiger partial charge in [0.2, 0.25) is 0 Å². The number of methoxy groups -OCH3 is 1. The van der Waals surface area contributed by atoms with Gasteiger partial charge in [0.25, 0.3) is 0 Å². The fraction of sp³-hybridized carbons (Fsp3) is 0.385. The van der Waals surface area contributed by atoms with E-state index < -0.39 is 6.09 Å². The van der Waals surface area contributed by atoms with Gasteiger partial charge in [0.1, 0.15) is 11.6 Å². The Hall–Kier alpha value is -2.24. The van der Waals surface area contributed by atoms with E-state index in [1.807, 2.05) is 13.8 Å². The summed E-state index contributed by atoms with van der Waals surface area (Å²) in [5.41, 5.74) is 6.38. The predicted molar refractivity (Wildman–Crippen MR) is 73.8 cm³/mol. The minimum absolute atomic E-state index is 0.0627. The van der Waals surface area contributed by atoms with E-state index in [1.54, 1.807) is 18.2 Å². The molecule has 19 heavy (non-hydrogen) atoms. The van der Waals surface area contributed by atoms with Crippen LogP contribution >= 0.6 is 0 Å². The Morgan fingerprint density at radius 1 is 1.47 bits per heavy atom. The molecule has 0 aliphatic carbocycles. The molecular formula is C13H19N3O3. The summed E-state index contributed by atoms with van der Waals surface area (Å²) in [7, 11) is 1.48. The molecule has 1 aromatic rings. The molecule has 0 aliphatic heterocycles. The molecule has 6 heteroatoms. The summed E-state index contributed by atoms with van der Waals surface area (Å²) >= 11 is 0. The normalized spacial score (nSPS) is 10.1. The quantitative estimate of drug-likeness (QED) is 0.561. The van der Waals surface area contributed by atoms with Crippen LogP contribution in [0, 0.1) is 11.3 Å². The van der Waals surface area contributed by atoms with Crippen molar-refractivity contribution >= 4 is 17.6 Å². The average Bonchev–Trinajstić information content (AvgIpc) is 2.36. The van der Waals surface area contributed by atoms with Crippen LogP contribution in [0.3, 0.4) is 0 Å². The van der Waals surface area contributed by atoms with Gasteiger partial charge in [-0.3, -0.25) is 10.7 Å². The maximum Gasteiger partial charge on any atom is 0.411 e. The molecule has 0 aliphatic rings. The van der Waals surface area contributed by atoms with Crippen molar-refractivity contribution in [2.24, 2.45) is 11.7 Å². The van der Waals surface area contributed by atoms with E-state index in [0.29, 0.717) is 23.6 Å². The van der Waals surface area contributed by atoms with Gasteiger partial charge in [-0.2, -0.15) is 0 Å². The highest BCUT2D eigenvalue weighted by Crippen LogP contribution is 2.25. The molecule has 0 aromatic heterocycles. The van der Waals surface area contributed by atoms with Crippen LogP contribution in [0.15, 0.2) is 18.2 Å². The summed E-state index contributed by atoms with van der Waals surface area (Å²) < 4.78 is 10.2. The Morgan fingerprint density at radius 2 is 2.16 bits per heavy atom. The van der Waals surface area contributed by atoms with Crippen molar-refractivity contribution < 1.29 is 14.3 Å². The van der Waals surface area contributed by atoms with Crippen LogP contribution in [-0.2, 0) is 4.74 Å². The van der Waals surface area contributed by atoms with Crippen molar-refractivity contribution in [3.63, 3.8) is 0 Å². The molecule has 1 amide bonds. The first-order valence-corrected chi connectivity index (χ1v) is 5.90. The van der Waals surface area contributed by atoms with E-state index in [0.717, 1.165) is 0 Å². The van der Waals surface area contributed by atoms with Gasteiger partial charge in [-0.25, -0.2) is 4.79 Å². The van der Waals surface area contributed by atoms with Crippen LogP contribution in [0.5, 0.6) is 5.75 Å². The highest BCUT2D eigenvalue weighted by atomic mass is 16.5. The molecule has 0 heterocycles. The summed E-state index contributed by atoms with van der Waals surface area (Å²) in [6.45, 7) is 4.25. The molecule has 0 spiro atoms. The van der Waals surface area contributed by atoms with Crippen LogP contribution in [0.4, 0.5) is 10.5 Å². The number of rotatable bonds is 5. The standard InChI is InChI=1S/C13H19N3O3/c1-8(2)7-19-13(17)16-10-5-4-9(12(14)15)6-11(10)18-3/h4-6,8H,7H2,1-3H3,(H3,14,15)(H,16,17). The molecule has 0 saturated heterocycles. The Balaban J connectivity index is 2.78. The number of ether oxygens (including phenoxy) is 2. The largest absolute Gasteiger partial charge is 0.495 e. The van der Waals surface area contributed by atoms with Crippen molar-refractivity contribution in [2.75, 3.05) is 19.0 Å². The van der Waals surface area contributed by atoms with Gasteiger partial charge in [-0.15, -0.1) is 0 Å². The molecule has 0 saturated carbocycles. The van der Waals surface area contributed by atoms with Crippen molar-refractivity contribution in [3.05, 3.63) is 23.8 Å². The van der Waals surface area contributed by atoms with Gasteiger partial charge in [0, 0.05) is 5.56 Å². The number of hydrogen-bond donors (Lipinski definition) is 3. The third-order valence-corrected chi connectivity index (χ3v) is 2.30. The van der Waals surface area contributed by atoms with Gasteiger partial charge in [-0.1, -0.05) is 13.8 Å². The average molecular weight is 265 g/mol. The number of benzene rings is 1. The third kappa shape index (κ3) is 4.50. The molecular weight excluding hydrogens is 246 g/mol. The number of amides is 1. The molecule has 1 rings (SSSR count). The molecule has 0 radical (unpaired) electrons. The molecule has 0 bridgehead atoms. The fourth-order valence-corrected chi connectivity index (χ4v) is 1.35. The zero-order valence-electron chi connectivity index (χ0n) is 11.3. The second-order valence-corrected chi connectivity index (χ2v) is 4.45. The molecule has 0 atom stereocenters. The molecule has 4 N–H and O–H groups in total. The second kappa shape index (κ2) is 6.63. The monoisotopic (exact) mass is 265 g/mol. The zero-order chi connectivity index (χ0) is 14.4. The van der Waals surface area contributed by atoms with Crippen LogP contribution in [-0.4, -0.2) is 25.6 Å². The number of amidine groups is 1. The Morgan fingerprint density at radius 3 is 2.68 bits per heavy atom. The summed E-state index contributed by atoms with van der Waals surface area (Å²) in [6.07, 6.45) is -0.539. The predicted octanol–water partition coefficient (Wildman–Crippen LogP) is 2.18. The number of nitrogens with one attached hydrogen (secondary N) is 2. The summed E-state index contributed by atoms with van der Waals surface area (Å²) in [6, 6.07) is 4.83. The van der Waals surface area contributed by atoms with Gasteiger partial charge >= 0.3 is 6.09 Å². The number of hydrogen-bond acceptors (Lipinski definition) is 4. The minimum atomic E-state index is -0.539. The van der Waals surface area contributed by atoms with Gasteiger partial charge in [0.15, 0.2) is 0 Å². The lowest BCUT2D eigenvalue weighted by Crippen LogP contribution is -2.17. The zero-order valence-corrected chi connectivity index (χ0v) is 11.3. The number of anilines is 1. The lowest BCUT2D eigenvalue weighted by molar-refractivity contribution is 0.147. The number of carbonyl (C=O) groups excluding carboxylic acids is 1. The Kier molecular flexibility index (Phi) is 5.17. The third-order valence-electron chi connectivity index (χ3n) is 2.30. The van der Waals surface area contributed by atoms with E-state index in [9.17, 15) is 4.79 Å².